The van der Waals surface area contributed by atoms with Gasteiger partial charge < -0.3 is 5.32 Å². The Labute approximate surface area is 92.4 Å². The average Bonchev–Trinajstić information content (AvgIpc) is 2.19. The van der Waals surface area contributed by atoms with Crippen LogP contribution < -0.4 is 10.6 Å². The van der Waals surface area contributed by atoms with E-state index in [-0.39, 0.29) is 11.8 Å². The van der Waals surface area contributed by atoms with Gasteiger partial charge in [0.05, 0.1) is 0 Å². The highest BCUT2D eigenvalue weighted by atomic mass is 32.2. The predicted octanol–water partition coefficient (Wildman–Crippen LogP) is -0.339. The molecule has 2 N–H and O–H groups in total. The highest BCUT2D eigenvalue weighted by Gasteiger charge is 2.27. The van der Waals surface area contributed by atoms with Gasteiger partial charge in [0.15, 0.2) is 0 Å². The van der Waals surface area contributed by atoms with E-state index in [0.29, 0.717) is 19.3 Å². The Balaban J connectivity index is 2.34. The molecule has 0 aliphatic carbocycles. The molecule has 3 amide bonds. The van der Waals surface area contributed by atoms with Gasteiger partial charge in [0.1, 0.15) is 6.04 Å². The summed E-state index contributed by atoms with van der Waals surface area (Å²) >= 11 is 1.58. The van der Waals surface area contributed by atoms with Crippen LogP contribution in [0.3, 0.4) is 0 Å². The van der Waals surface area contributed by atoms with E-state index >= 15 is 0 Å². The largest absolute Gasteiger partial charge is 0.344 e. The van der Waals surface area contributed by atoms with Crippen LogP contribution >= 0.6 is 11.8 Å². The van der Waals surface area contributed by atoms with Crippen LogP contribution in [0.15, 0.2) is 0 Å². The minimum atomic E-state index is -0.544. The maximum Gasteiger partial charge on any atom is 0.249 e. The van der Waals surface area contributed by atoms with Crippen molar-refractivity contribution in [1.29, 1.82) is 0 Å². The van der Waals surface area contributed by atoms with Crippen molar-refractivity contribution in [3.05, 3.63) is 0 Å². The SMILES string of the molecule is CSCCC(=O)NC1CCC(=O)NC1=O. The fourth-order valence-electron chi connectivity index (χ4n) is 1.29. The first-order valence-corrected chi connectivity index (χ1v) is 6.15. The Hall–Kier alpha value is -1.04. The molecule has 84 valence electrons. The van der Waals surface area contributed by atoms with Gasteiger partial charge in [-0.25, -0.2) is 0 Å². The molecule has 0 aromatic carbocycles. The second kappa shape index (κ2) is 5.75. The summed E-state index contributed by atoms with van der Waals surface area (Å²) in [6, 6.07) is -0.544. The zero-order valence-electron chi connectivity index (χ0n) is 8.54. The maximum atomic E-state index is 11.3. The number of hydrogen-bond donors (Lipinski definition) is 2. The monoisotopic (exact) mass is 230 g/mol. The van der Waals surface area contributed by atoms with Crippen molar-refractivity contribution in [3.8, 4) is 0 Å². The lowest BCUT2D eigenvalue weighted by molar-refractivity contribution is -0.137. The molecule has 1 saturated heterocycles. The minimum Gasteiger partial charge on any atom is -0.344 e. The number of thioether (sulfide) groups is 1. The van der Waals surface area contributed by atoms with Crippen molar-refractivity contribution in [2.24, 2.45) is 0 Å². The third-order valence-corrected chi connectivity index (χ3v) is 2.72. The van der Waals surface area contributed by atoms with E-state index in [1.165, 1.54) is 0 Å². The highest BCUT2D eigenvalue weighted by molar-refractivity contribution is 7.98. The first-order chi connectivity index (χ1) is 7.13. The summed E-state index contributed by atoms with van der Waals surface area (Å²) in [7, 11) is 0. The van der Waals surface area contributed by atoms with Crippen molar-refractivity contribution in [1.82, 2.24) is 10.6 Å². The van der Waals surface area contributed by atoms with Gasteiger partial charge in [-0.2, -0.15) is 11.8 Å². The fraction of sp³-hybridized carbons (Fsp3) is 0.667. The van der Waals surface area contributed by atoms with Gasteiger partial charge in [0.25, 0.3) is 0 Å². The summed E-state index contributed by atoms with van der Waals surface area (Å²) in [5, 5.41) is 4.80. The van der Waals surface area contributed by atoms with Crippen LogP contribution in [0.5, 0.6) is 0 Å². The third-order valence-electron chi connectivity index (χ3n) is 2.11. The third kappa shape index (κ3) is 3.91. The minimum absolute atomic E-state index is 0.140. The fourth-order valence-corrected chi connectivity index (χ4v) is 1.68. The lowest BCUT2D eigenvalue weighted by atomic mass is 10.1. The summed E-state index contributed by atoms with van der Waals surface area (Å²) in [6.07, 6.45) is 3.01. The molecule has 0 aromatic heterocycles. The number of amides is 3. The Morgan fingerprint density at radius 2 is 2.33 bits per heavy atom. The van der Waals surface area contributed by atoms with E-state index in [1.54, 1.807) is 11.8 Å². The summed E-state index contributed by atoms with van der Waals surface area (Å²) < 4.78 is 0. The Morgan fingerprint density at radius 1 is 1.60 bits per heavy atom. The smallest absolute Gasteiger partial charge is 0.249 e. The van der Waals surface area contributed by atoms with Crippen molar-refractivity contribution >= 4 is 29.5 Å². The van der Waals surface area contributed by atoms with E-state index < -0.39 is 11.9 Å². The summed E-state index contributed by atoms with van der Waals surface area (Å²) in [5.41, 5.74) is 0. The number of carbonyl (C=O) groups excluding carboxylic acids is 3. The first-order valence-electron chi connectivity index (χ1n) is 4.75. The molecule has 5 nitrogen and oxygen atoms in total. The molecule has 1 unspecified atom stereocenters. The number of imide groups is 1. The zero-order valence-corrected chi connectivity index (χ0v) is 9.36. The molecule has 1 rings (SSSR count). The van der Waals surface area contributed by atoms with E-state index in [2.05, 4.69) is 10.6 Å². The Morgan fingerprint density at radius 3 is 2.93 bits per heavy atom. The number of piperidine rings is 1. The van der Waals surface area contributed by atoms with Crippen LogP contribution in [0.25, 0.3) is 0 Å². The van der Waals surface area contributed by atoms with Crippen molar-refractivity contribution in [2.45, 2.75) is 25.3 Å². The number of nitrogens with one attached hydrogen (secondary N) is 2. The molecule has 0 spiro atoms. The number of carbonyl (C=O) groups is 3. The van der Waals surface area contributed by atoms with Gasteiger partial charge in [-0.1, -0.05) is 0 Å². The van der Waals surface area contributed by atoms with Crippen LogP contribution in [-0.2, 0) is 14.4 Å². The second-order valence-electron chi connectivity index (χ2n) is 3.31. The summed E-state index contributed by atoms with van der Waals surface area (Å²) in [6.45, 7) is 0. The van der Waals surface area contributed by atoms with Gasteiger partial charge in [-0.05, 0) is 12.7 Å². The van der Waals surface area contributed by atoms with Crippen molar-refractivity contribution in [2.75, 3.05) is 12.0 Å². The average molecular weight is 230 g/mol. The molecule has 1 atom stereocenters. The topological polar surface area (TPSA) is 75.3 Å². The molecule has 6 heteroatoms. The van der Waals surface area contributed by atoms with Gasteiger partial charge >= 0.3 is 0 Å². The van der Waals surface area contributed by atoms with E-state index in [9.17, 15) is 14.4 Å². The normalized spacial score (nSPS) is 21.0. The molecule has 0 aromatic rings. The van der Waals surface area contributed by atoms with Crippen LogP contribution in [0.1, 0.15) is 19.3 Å². The maximum absolute atomic E-state index is 11.3. The van der Waals surface area contributed by atoms with Crippen LogP contribution in [-0.4, -0.2) is 35.8 Å². The van der Waals surface area contributed by atoms with Crippen molar-refractivity contribution in [3.63, 3.8) is 0 Å². The molecule has 0 radical (unpaired) electrons. The Bertz CT molecular complexity index is 281. The lowest BCUT2D eigenvalue weighted by Gasteiger charge is -2.21. The summed E-state index contributed by atoms with van der Waals surface area (Å²) in [5.74, 6) is -0.0729. The predicted molar refractivity (Wildman–Crippen MR) is 57.3 cm³/mol. The van der Waals surface area contributed by atoms with Gasteiger partial charge in [0.2, 0.25) is 17.7 Å². The van der Waals surface area contributed by atoms with E-state index in [4.69, 9.17) is 0 Å². The molecular weight excluding hydrogens is 216 g/mol. The van der Waals surface area contributed by atoms with Gasteiger partial charge in [0, 0.05) is 18.6 Å². The van der Waals surface area contributed by atoms with Crippen LogP contribution in [0.2, 0.25) is 0 Å². The number of hydrogen-bond acceptors (Lipinski definition) is 4. The van der Waals surface area contributed by atoms with E-state index in [1.807, 2.05) is 6.26 Å². The van der Waals surface area contributed by atoms with Crippen molar-refractivity contribution < 1.29 is 14.4 Å². The molecule has 1 fully saturated rings. The standard InChI is InChI=1S/C9H14N2O3S/c1-15-5-4-8(13)10-6-2-3-7(12)11-9(6)14/h6H,2-5H2,1H3,(H,10,13)(H,11,12,14). The quantitative estimate of drug-likeness (QED) is 0.648. The molecule has 1 heterocycles. The molecular formula is C9H14N2O3S. The molecule has 15 heavy (non-hydrogen) atoms. The van der Waals surface area contributed by atoms with E-state index in [0.717, 1.165) is 5.75 Å². The highest BCUT2D eigenvalue weighted by Crippen LogP contribution is 2.05. The van der Waals surface area contributed by atoms with Crippen LogP contribution in [0, 0.1) is 0 Å². The summed E-state index contributed by atoms with van der Waals surface area (Å²) in [4.78, 5) is 33.4. The molecule has 0 saturated carbocycles. The molecule has 0 bridgehead atoms. The molecule has 1 aliphatic heterocycles. The second-order valence-corrected chi connectivity index (χ2v) is 4.30. The molecule has 1 aliphatic rings. The lowest BCUT2D eigenvalue weighted by Crippen LogP contribution is -2.52. The first kappa shape index (κ1) is 12.0. The van der Waals surface area contributed by atoms with Crippen LogP contribution in [0.4, 0.5) is 0 Å². The zero-order chi connectivity index (χ0) is 11.3. The Kier molecular flexibility index (Phi) is 4.61. The number of rotatable bonds is 4. The van der Waals surface area contributed by atoms with Gasteiger partial charge in [-0.15, -0.1) is 0 Å². The van der Waals surface area contributed by atoms with Gasteiger partial charge in [-0.3, -0.25) is 19.7 Å².